The number of rotatable bonds is 4. The first kappa shape index (κ1) is 15.1. The number of allylic oxidation sites excluding steroid dienone is 2. The molecule has 0 amide bonds. The summed E-state index contributed by atoms with van der Waals surface area (Å²) in [6.07, 6.45) is 2.72. The number of hydrogen-bond donors (Lipinski definition) is 1. The Balaban J connectivity index is 2.59. The van der Waals surface area contributed by atoms with Gasteiger partial charge in [-0.3, -0.25) is 0 Å². The molecule has 1 aromatic carbocycles. The Hall–Kier alpha value is -1.32. The highest BCUT2D eigenvalue weighted by Crippen LogP contribution is 2.25. The molecule has 0 saturated carbocycles. The van der Waals surface area contributed by atoms with Gasteiger partial charge in [-0.25, -0.2) is 0 Å². The van der Waals surface area contributed by atoms with E-state index in [1.807, 2.05) is 45.0 Å². The molecule has 0 spiro atoms. The van der Waals surface area contributed by atoms with Crippen molar-refractivity contribution in [3.63, 3.8) is 0 Å². The van der Waals surface area contributed by atoms with E-state index in [4.69, 9.17) is 28.6 Å². The molecule has 0 unspecified atom stereocenters. The smallest absolute Gasteiger partial charge is 0.120 e. The number of fused-ring (bicyclic) bond motifs is 1. The van der Waals surface area contributed by atoms with Crippen molar-refractivity contribution in [3.05, 3.63) is 45.1 Å². The average Bonchev–Trinajstić information content (AvgIpc) is 2.39. The van der Waals surface area contributed by atoms with Gasteiger partial charge >= 0.3 is 0 Å². The fourth-order valence-electron chi connectivity index (χ4n) is 2.18. The first-order valence-corrected chi connectivity index (χ1v) is 7.42. The second-order valence-corrected chi connectivity index (χ2v) is 5.70. The monoisotopic (exact) mass is 307 g/mol. The second kappa shape index (κ2) is 6.42. The lowest BCUT2D eigenvalue weighted by atomic mass is 10.1. The number of aromatic nitrogens is 1. The maximum Gasteiger partial charge on any atom is 0.120 e. The minimum absolute atomic E-state index is 0.648. The van der Waals surface area contributed by atoms with E-state index >= 15 is 0 Å². The van der Waals surface area contributed by atoms with E-state index in [-0.39, 0.29) is 0 Å². The van der Waals surface area contributed by atoms with Gasteiger partial charge in [0.1, 0.15) is 5.75 Å². The number of halogens is 1. The molecule has 2 rings (SSSR count). The third-order valence-electron chi connectivity index (χ3n) is 3.18. The number of hydrogen-bond acceptors (Lipinski definition) is 2. The van der Waals surface area contributed by atoms with Crippen LogP contribution < -0.4 is 4.74 Å². The summed E-state index contributed by atoms with van der Waals surface area (Å²) in [6, 6.07) is 5.96. The van der Waals surface area contributed by atoms with Crippen molar-refractivity contribution in [1.29, 1.82) is 0 Å². The van der Waals surface area contributed by atoms with Gasteiger partial charge in [-0.05, 0) is 51.0 Å². The number of H-pyrrole nitrogens is 1. The summed E-state index contributed by atoms with van der Waals surface area (Å²) in [5, 5.41) is 1.80. The Kier molecular flexibility index (Phi) is 4.84. The molecule has 0 aliphatic carbocycles. The zero-order chi connectivity index (χ0) is 14.7. The molecule has 0 aliphatic rings. The largest absolute Gasteiger partial charge is 0.494 e. The molecule has 2 nitrogen and oxygen atoms in total. The van der Waals surface area contributed by atoms with Gasteiger partial charge in [0.25, 0.3) is 0 Å². The summed E-state index contributed by atoms with van der Waals surface area (Å²) in [5.74, 6) is 0.846. The van der Waals surface area contributed by atoms with Crippen molar-refractivity contribution in [2.24, 2.45) is 0 Å². The predicted octanol–water partition coefficient (Wildman–Crippen LogP) is 5.29. The van der Waals surface area contributed by atoms with Gasteiger partial charge < -0.3 is 9.72 Å². The standard InChI is InChI=1S/C16H18ClNOS/c1-4-19-12-6-8-15-14(9-12)16(20)13(11(3)18-15)7-5-10(2)17/h5-6,8-9H,4,7H2,1-3H3,(H,18,20). The number of pyridine rings is 1. The molecule has 0 saturated heterocycles. The lowest BCUT2D eigenvalue weighted by Gasteiger charge is -2.10. The molecule has 1 aromatic heterocycles. The van der Waals surface area contributed by atoms with E-state index in [0.717, 1.165) is 43.9 Å². The third-order valence-corrected chi connectivity index (χ3v) is 3.80. The fourth-order valence-corrected chi connectivity index (χ4v) is 2.66. The minimum atomic E-state index is 0.648. The van der Waals surface area contributed by atoms with Crippen LogP contribution in [-0.2, 0) is 6.42 Å². The van der Waals surface area contributed by atoms with Gasteiger partial charge in [-0.2, -0.15) is 0 Å². The highest BCUT2D eigenvalue weighted by Gasteiger charge is 2.07. The van der Waals surface area contributed by atoms with Crippen molar-refractivity contribution in [1.82, 2.24) is 4.98 Å². The minimum Gasteiger partial charge on any atom is -0.494 e. The summed E-state index contributed by atoms with van der Waals surface area (Å²) in [6.45, 7) is 6.53. The number of benzene rings is 1. The van der Waals surface area contributed by atoms with Crippen LogP contribution in [-0.4, -0.2) is 11.6 Å². The van der Waals surface area contributed by atoms with E-state index in [9.17, 15) is 0 Å². The maximum absolute atomic E-state index is 5.91. The highest BCUT2D eigenvalue weighted by atomic mass is 35.5. The highest BCUT2D eigenvalue weighted by molar-refractivity contribution is 7.71. The number of nitrogens with one attached hydrogen (secondary N) is 1. The molecule has 0 radical (unpaired) electrons. The Morgan fingerprint density at radius 3 is 2.85 bits per heavy atom. The summed E-state index contributed by atoms with van der Waals surface area (Å²) < 4.78 is 6.41. The van der Waals surface area contributed by atoms with Crippen LogP contribution in [0, 0.1) is 11.4 Å². The number of aryl methyl sites for hydroxylation is 1. The molecule has 0 fully saturated rings. The summed E-state index contributed by atoms with van der Waals surface area (Å²) >= 11 is 11.5. The Morgan fingerprint density at radius 1 is 1.45 bits per heavy atom. The molecule has 0 atom stereocenters. The molecule has 106 valence electrons. The Bertz CT molecular complexity index is 714. The van der Waals surface area contributed by atoms with Crippen molar-refractivity contribution in [2.75, 3.05) is 6.61 Å². The van der Waals surface area contributed by atoms with Crippen LogP contribution in [0.25, 0.3) is 10.9 Å². The summed E-state index contributed by atoms with van der Waals surface area (Å²) in [4.78, 5) is 3.40. The van der Waals surface area contributed by atoms with Crippen LogP contribution in [0.15, 0.2) is 29.3 Å². The molecule has 2 aromatic rings. The van der Waals surface area contributed by atoms with Crippen LogP contribution in [0.1, 0.15) is 25.1 Å². The van der Waals surface area contributed by atoms with Crippen LogP contribution in [0.5, 0.6) is 5.75 Å². The first-order valence-electron chi connectivity index (χ1n) is 6.63. The zero-order valence-corrected chi connectivity index (χ0v) is 13.5. The van der Waals surface area contributed by atoms with Crippen LogP contribution >= 0.6 is 23.8 Å². The van der Waals surface area contributed by atoms with Gasteiger partial charge in [-0.1, -0.05) is 29.9 Å². The van der Waals surface area contributed by atoms with Crippen molar-refractivity contribution < 1.29 is 4.74 Å². The lowest BCUT2D eigenvalue weighted by molar-refractivity contribution is 0.340. The molecular weight excluding hydrogens is 290 g/mol. The van der Waals surface area contributed by atoms with Gasteiger partial charge in [0.15, 0.2) is 0 Å². The SMILES string of the molecule is CCOc1ccc2[nH]c(C)c(CC=C(C)Cl)c(=S)c2c1. The Labute approximate surface area is 129 Å². The molecule has 20 heavy (non-hydrogen) atoms. The van der Waals surface area contributed by atoms with E-state index < -0.39 is 0 Å². The van der Waals surface area contributed by atoms with Gasteiger partial charge in [0.2, 0.25) is 0 Å². The Morgan fingerprint density at radius 2 is 2.20 bits per heavy atom. The van der Waals surface area contributed by atoms with Crippen LogP contribution in [0.3, 0.4) is 0 Å². The first-order chi connectivity index (χ1) is 9.52. The second-order valence-electron chi connectivity index (χ2n) is 4.69. The normalized spacial score (nSPS) is 11.9. The maximum atomic E-state index is 5.91. The quantitative estimate of drug-likeness (QED) is 0.776. The summed E-state index contributed by atoms with van der Waals surface area (Å²) in [5.41, 5.74) is 3.23. The van der Waals surface area contributed by atoms with Gasteiger partial charge in [0.05, 0.1) is 11.1 Å². The molecule has 1 N–H and O–H groups in total. The van der Waals surface area contributed by atoms with E-state index in [1.165, 1.54) is 0 Å². The topological polar surface area (TPSA) is 25.0 Å². The molecule has 0 aliphatic heterocycles. The van der Waals surface area contributed by atoms with Crippen molar-refractivity contribution >= 4 is 34.7 Å². The van der Waals surface area contributed by atoms with Gasteiger partial charge in [-0.15, -0.1) is 0 Å². The molecule has 4 heteroatoms. The van der Waals surface area contributed by atoms with E-state index in [2.05, 4.69) is 4.98 Å². The molecule has 0 bridgehead atoms. The van der Waals surface area contributed by atoms with Crippen LogP contribution in [0.2, 0.25) is 0 Å². The number of ether oxygens (including phenoxy) is 1. The average molecular weight is 308 g/mol. The van der Waals surface area contributed by atoms with Crippen molar-refractivity contribution in [2.45, 2.75) is 27.2 Å². The number of aromatic amines is 1. The lowest BCUT2D eigenvalue weighted by Crippen LogP contribution is -1.96. The van der Waals surface area contributed by atoms with Gasteiger partial charge in [0, 0.05) is 21.6 Å². The molecular formula is C16H18ClNOS. The predicted molar refractivity (Wildman–Crippen MR) is 88.4 cm³/mol. The van der Waals surface area contributed by atoms with Crippen molar-refractivity contribution in [3.8, 4) is 5.75 Å². The van der Waals surface area contributed by atoms with E-state index in [0.29, 0.717) is 6.61 Å². The third kappa shape index (κ3) is 3.22. The molecule has 1 heterocycles. The van der Waals surface area contributed by atoms with E-state index in [1.54, 1.807) is 0 Å². The summed E-state index contributed by atoms with van der Waals surface area (Å²) in [7, 11) is 0. The zero-order valence-electron chi connectivity index (χ0n) is 11.9. The fraction of sp³-hybridized carbons (Fsp3) is 0.312. The van der Waals surface area contributed by atoms with Crippen LogP contribution in [0.4, 0.5) is 0 Å².